The third kappa shape index (κ3) is 2.05. The first-order valence-electron chi connectivity index (χ1n) is 6.78. The zero-order valence-electron chi connectivity index (χ0n) is 12.0. The van der Waals surface area contributed by atoms with Crippen LogP contribution in [0.5, 0.6) is 0 Å². The van der Waals surface area contributed by atoms with E-state index in [2.05, 4.69) is 56.8 Å². The molecule has 1 aromatic carbocycles. The van der Waals surface area contributed by atoms with Crippen molar-refractivity contribution in [3.05, 3.63) is 35.5 Å². The van der Waals surface area contributed by atoms with Crippen molar-refractivity contribution >= 4 is 10.9 Å². The van der Waals surface area contributed by atoms with Crippen molar-refractivity contribution in [2.75, 3.05) is 6.54 Å². The van der Waals surface area contributed by atoms with Gasteiger partial charge in [0.1, 0.15) is 0 Å². The molecule has 18 heavy (non-hydrogen) atoms. The molecular formula is C16H24N2. The van der Waals surface area contributed by atoms with Gasteiger partial charge in [-0.05, 0) is 35.9 Å². The fourth-order valence-electron chi connectivity index (χ4n) is 2.87. The van der Waals surface area contributed by atoms with Gasteiger partial charge in [-0.1, -0.05) is 39.0 Å². The van der Waals surface area contributed by atoms with Crippen molar-refractivity contribution in [3.63, 3.8) is 0 Å². The van der Waals surface area contributed by atoms with E-state index in [1.807, 2.05) is 0 Å². The summed E-state index contributed by atoms with van der Waals surface area (Å²) >= 11 is 0. The highest BCUT2D eigenvalue weighted by molar-refractivity contribution is 5.87. The van der Waals surface area contributed by atoms with Gasteiger partial charge < -0.3 is 10.3 Å². The molecule has 2 heteroatoms. The Morgan fingerprint density at radius 3 is 2.61 bits per heavy atom. The summed E-state index contributed by atoms with van der Waals surface area (Å²) in [5.41, 5.74) is 10.1. The predicted octanol–water partition coefficient (Wildman–Crippen LogP) is 3.37. The van der Waals surface area contributed by atoms with Crippen LogP contribution in [0.15, 0.2) is 24.4 Å². The van der Waals surface area contributed by atoms with Crippen LogP contribution in [0.2, 0.25) is 0 Å². The molecular weight excluding hydrogens is 220 g/mol. The van der Waals surface area contributed by atoms with Gasteiger partial charge in [-0.2, -0.15) is 0 Å². The lowest BCUT2D eigenvalue weighted by Gasteiger charge is -2.23. The second-order valence-electron chi connectivity index (χ2n) is 5.74. The van der Waals surface area contributed by atoms with E-state index in [-0.39, 0.29) is 5.41 Å². The molecule has 0 aliphatic heterocycles. The number of benzene rings is 1. The van der Waals surface area contributed by atoms with Crippen molar-refractivity contribution in [1.29, 1.82) is 0 Å². The first kappa shape index (κ1) is 13.2. The Kier molecular flexibility index (Phi) is 3.49. The molecule has 0 atom stereocenters. The number of nitrogens with zero attached hydrogens (tertiary/aromatic N) is 1. The number of nitrogens with two attached hydrogens (primary N) is 1. The van der Waals surface area contributed by atoms with Crippen molar-refractivity contribution in [2.45, 2.75) is 39.0 Å². The smallest absolute Gasteiger partial charge is 0.0513 e. The number of fused-ring (bicyclic) bond motifs is 1. The quantitative estimate of drug-likeness (QED) is 0.878. The number of hydrogen-bond acceptors (Lipinski definition) is 1. The summed E-state index contributed by atoms with van der Waals surface area (Å²) in [6.07, 6.45) is 4.37. The minimum Gasteiger partial charge on any atom is -0.350 e. The van der Waals surface area contributed by atoms with Crippen LogP contribution >= 0.6 is 0 Å². The molecule has 0 spiro atoms. The molecule has 0 saturated carbocycles. The normalized spacial score (nSPS) is 12.3. The van der Waals surface area contributed by atoms with Gasteiger partial charge in [-0.25, -0.2) is 0 Å². The average Bonchev–Trinajstić information content (AvgIpc) is 2.68. The Labute approximate surface area is 110 Å². The predicted molar refractivity (Wildman–Crippen MR) is 79.0 cm³/mol. The molecule has 2 nitrogen and oxygen atoms in total. The van der Waals surface area contributed by atoms with Gasteiger partial charge in [0.05, 0.1) is 5.52 Å². The minimum atomic E-state index is 0.140. The molecule has 0 aliphatic carbocycles. The molecule has 0 unspecified atom stereocenters. The summed E-state index contributed by atoms with van der Waals surface area (Å²) < 4.78 is 2.27. The zero-order valence-corrected chi connectivity index (χ0v) is 12.0. The lowest BCUT2D eigenvalue weighted by atomic mass is 9.81. The van der Waals surface area contributed by atoms with Crippen molar-refractivity contribution in [1.82, 2.24) is 4.57 Å². The summed E-state index contributed by atoms with van der Waals surface area (Å²) in [6.45, 7) is 7.52. The van der Waals surface area contributed by atoms with Crippen LogP contribution in [-0.4, -0.2) is 11.1 Å². The lowest BCUT2D eigenvalue weighted by Crippen LogP contribution is -2.21. The average molecular weight is 244 g/mol. The topological polar surface area (TPSA) is 30.9 Å². The summed E-state index contributed by atoms with van der Waals surface area (Å²) in [5.74, 6) is 0. The molecule has 2 rings (SSSR count). The Morgan fingerprint density at radius 1 is 1.28 bits per heavy atom. The zero-order chi connectivity index (χ0) is 13.3. The molecule has 2 aromatic rings. The van der Waals surface area contributed by atoms with E-state index in [9.17, 15) is 0 Å². The summed E-state index contributed by atoms with van der Waals surface area (Å²) in [4.78, 5) is 0. The van der Waals surface area contributed by atoms with Crippen LogP contribution in [0.4, 0.5) is 0 Å². The third-order valence-corrected chi connectivity index (χ3v) is 3.96. The van der Waals surface area contributed by atoms with E-state index in [4.69, 9.17) is 5.73 Å². The fourth-order valence-corrected chi connectivity index (χ4v) is 2.87. The van der Waals surface area contributed by atoms with Crippen molar-refractivity contribution in [3.8, 4) is 0 Å². The van der Waals surface area contributed by atoms with Crippen LogP contribution in [0, 0.1) is 0 Å². The number of aryl methyl sites for hydroxylation is 2. The minimum absolute atomic E-state index is 0.140. The summed E-state index contributed by atoms with van der Waals surface area (Å²) in [7, 11) is 2.14. The van der Waals surface area contributed by atoms with E-state index >= 15 is 0 Å². The van der Waals surface area contributed by atoms with E-state index in [0.29, 0.717) is 0 Å². The highest BCUT2D eigenvalue weighted by Crippen LogP contribution is 2.35. The largest absolute Gasteiger partial charge is 0.350 e. The second kappa shape index (κ2) is 4.77. The monoisotopic (exact) mass is 244 g/mol. The standard InChI is InChI=1S/C16H24N2/c1-5-12-7-6-8-13-14(11-18(4)15(12)13)16(2,3)9-10-17/h6-8,11H,5,9-10,17H2,1-4H3. The molecule has 1 aromatic heterocycles. The molecule has 2 N–H and O–H groups in total. The number of aromatic nitrogens is 1. The SMILES string of the molecule is CCc1cccc2c(C(C)(C)CCN)cn(C)c12. The van der Waals surface area contributed by atoms with Crippen molar-refractivity contribution in [2.24, 2.45) is 12.8 Å². The molecule has 0 saturated heterocycles. The summed E-state index contributed by atoms with van der Waals surface area (Å²) in [5, 5.41) is 1.38. The molecule has 0 aliphatic rings. The van der Waals surface area contributed by atoms with Gasteiger partial charge in [0.25, 0.3) is 0 Å². The Hall–Kier alpha value is -1.28. The number of para-hydroxylation sites is 1. The van der Waals surface area contributed by atoms with Crippen LogP contribution in [0.25, 0.3) is 10.9 Å². The second-order valence-corrected chi connectivity index (χ2v) is 5.74. The van der Waals surface area contributed by atoms with Gasteiger partial charge in [-0.3, -0.25) is 0 Å². The van der Waals surface area contributed by atoms with E-state index in [1.54, 1.807) is 0 Å². The van der Waals surface area contributed by atoms with Crippen LogP contribution in [0.1, 0.15) is 38.3 Å². The maximum Gasteiger partial charge on any atom is 0.0513 e. The van der Waals surface area contributed by atoms with Crippen LogP contribution < -0.4 is 5.73 Å². The highest BCUT2D eigenvalue weighted by Gasteiger charge is 2.24. The van der Waals surface area contributed by atoms with Crippen LogP contribution in [-0.2, 0) is 18.9 Å². The Bertz CT molecular complexity index is 549. The number of hydrogen-bond donors (Lipinski definition) is 1. The lowest BCUT2D eigenvalue weighted by molar-refractivity contribution is 0.490. The van der Waals surface area contributed by atoms with Gasteiger partial charge in [0, 0.05) is 18.6 Å². The van der Waals surface area contributed by atoms with E-state index < -0.39 is 0 Å². The Balaban J connectivity index is 2.67. The molecule has 98 valence electrons. The maximum absolute atomic E-state index is 5.75. The Morgan fingerprint density at radius 2 is 2.00 bits per heavy atom. The first-order chi connectivity index (χ1) is 8.51. The first-order valence-corrected chi connectivity index (χ1v) is 6.78. The van der Waals surface area contributed by atoms with E-state index in [0.717, 1.165) is 19.4 Å². The maximum atomic E-state index is 5.75. The highest BCUT2D eigenvalue weighted by atomic mass is 14.9. The van der Waals surface area contributed by atoms with Crippen molar-refractivity contribution < 1.29 is 0 Å². The fraction of sp³-hybridized carbons (Fsp3) is 0.500. The van der Waals surface area contributed by atoms with Gasteiger partial charge >= 0.3 is 0 Å². The molecule has 1 heterocycles. The molecule has 0 bridgehead atoms. The van der Waals surface area contributed by atoms with Crippen LogP contribution in [0.3, 0.4) is 0 Å². The van der Waals surface area contributed by atoms with Gasteiger partial charge in [0.2, 0.25) is 0 Å². The van der Waals surface area contributed by atoms with E-state index in [1.165, 1.54) is 22.0 Å². The van der Waals surface area contributed by atoms with Gasteiger partial charge in [-0.15, -0.1) is 0 Å². The third-order valence-electron chi connectivity index (χ3n) is 3.96. The molecule has 0 radical (unpaired) electrons. The number of rotatable bonds is 4. The molecule has 0 amide bonds. The summed E-state index contributed by atoms with van der Waals surface area (Å²) in [6, 6.07) is 6.63. The van der Waals surface area contributed by atoms with Gasteiger partial charge in [0.15, 0.2) is 0 Å². The molecule has 0 fully saturated rings.